The van der Waals surface area contributed by atoms with Gasteiger partial charge in [-0.1, -0.05) is 13.2 Å². The van der Waals surface area contributed by atoms with Crippen LogP contribution in [0.3, 0.4) is 0 Å². The molecule has 1 aromatic rings. The first-order valence-corrected chi connectivity index (χ1v) is 7.47. The molecule has 0 aliphatic carbocycles. The SMILES string of the molecule is C=CC(=O)OCCn1c(=O)n(CCOC(=O)C=C)c(=O)n(C(C)O)c1=O. The molecule has 1 atom stereocenters. The average molecular weight is 369 g/mol. The summed E-state index contributed by atoms with van der Waals surface area (Å²) in [7, 11) is 0. The first-order chi connectivity index (χ1) is 12.2. The van der Waals surface area contributed by atoms with E-state index >= 15 is 0 Å². The van der Waals surface area contributed by atoms with E-state index in [4.69, 9.17) is 9.47 Å². The number of carbonyl (C=O) groups excluding carboxylic acids is 2. The van der Waals surface area contributed by atoms with Gasteiger partial charge in [-0.3, -0.25) is 0 Å². The summed E-state index contributed by atoms with van der Waals surface area (Å²) in [5.41, 5.74) is -3.13. The van der Waals surface area contributed by atoms with E-state index in [1.165, 1.54) is 0 Å². The Bertz CT molecular complexity index is 810. The fraction of sp³-hybridized carbons (Fsp3) is 0.400. The first kappa shape index (κ1) is 20.8. The Morgan fingerprint density at radius 3 is 1.65 bits per heavy atom. The van der Waals surface area contributed by atoms with Crippen molar-refractivity contribution in [2.45, 2.75) is 26.2 Å². The fourth-order valence-electron chi connectivity index (χ4n) is 1.95. The predicted octanol–water partition coefficient (Wildman–Crippen LogP) is -1.86. The Kier molecular flexibility index (Phi) is 7.47. The molecule has 1 heterocycles. The summed E-state index contributed by atoms with van der Waals surface area (Å²) in [6.07, 6.45) is 0.303. The van der Waals surface area contributed by atoms with Crippen LogP contribution < -0.4 is 17.1 Å². The van der Waals surface area contributed by atoms with E-state index in [1.807, 2.05) is 0 Å². The molecule has 0 spiro atoms. The van der Waals surface area contributed by atoms with Crippen LogP contribution in [0.15, 0.2) is 39.7 Å². The van der Waals surface area contributed by atoms with Crippen molar-refractivity contribution in [3.63, 3.8) is 0 Å². The summed E-state index contributed by atoms with van der Waals surface area (Å²) < 4.78 is 11.1. The van der Waals surface area contributed by atoms with E-state index in [1.54, 1.807) is 0 Å². The van der Waals surface area contributed by atoms with Crippen LogP contribution in [0.1, 0.15) is 13.2 Å². The predicted molar refractivity (Wildman–Crippen MR) is 88.5 cm³/mol. The van der Waals surface area contributed by atoms with Gasteiger partial charge in [-0.2, -0.15) is 0 Å². The number of aliphatic hydroxyl groups excluding tert-OH is 1. The smallest absolute Gasteiger partial charge is 0.338 e. The standard InChI is InChI=1S/C15H19N3O8/c1-4-11(20)25-8-6-16-13(22)17(7-9-26-12(21)5-2)15(24)18(10(3)19)14(16)23/h4-5,10,19H,1-2,6-9H2,3H3. The van der Waals surface area contributed by atoms with E-state index in [2.05, 4.69) is 13.2 Å². The third-order valence-electron chi connectivity index (χ3n) is 3.16. The first-order valence-electron chi connectivity index (χ1n) is 7.47. The number of nitrogens with zero attached hydrogens (tertiary/aromatic N) is 3. The molecule has 0 aromatic carbocycles. The summed E-state index contributed by atoms with van der Waals surface area (Å²) in [5.74, 6) is -1.50. The molecule has 0 bridgehead atoms. The lowest BCUT2D eigenvalue weighted by molar-refractivity contribution is -0.138. The van der Waals surface area contributed by atoms with Crippen LogP contribution >= 0.6 is 0 Å². The summed E-state index contributed by atoms with van der Waals surface area (Å²) >= 11 is 0. The second-order valence-corrected chi connectivity index (χ2v) is 4.90. The topological polar surface area (TPSA) is 139 Å². The van der Waals surface area contributed by atoms with Gasteiger partial charge in [0, 0.05) is 12.2 Å². The van der Waals surface area contributed by atoms with Crippen LogP contribution in [0, 0.1) is 0 Å². The van der Waals surface area contributed by atoms with E-state index < -0.39 is 35.2 Å². The van der Waals surface area contributed by atoms with Crippen LogP contribution in [0.4, 0.5) is 0 Å². The largest absolute Gasteiger partial charge is 0.461 e. The summed E-state index contributed by atoms with van der Waals surface area (Å²) in [6, 6.07) is 0. The molecule has 0 aliphatic heterocycles. The number of carbonyl (C=O) groups is 2. The fourth-order valence-corrected chi connectivity index (χ4v) is 1.95. The Morgan fingerprint density at radius 2 is 1.35 bits per heavy atom. The number of rotatable bonds is 9. The number of aromatic nitrogens is 3. The van der Waals surface area contributed by atoms with E-state index in [0.29, 0.717) is 13.7 Å². The van der Waals surface area contributed by atoms with Gasteiger partial charge >= 0.3 is 29.0 Å². The number of hydrogen-bond acceptors (Lipinski definition) is 8. The highest BCUT2D eigenvalue weighted by Gasteiger charge is 2.18. The Balaban J connectivity index is 3.25. The molecule has 11 heteroatoms. The van der Waals surface area contributed by atoms with Crippen molar-refractivity contribution in [3.8, 4) is 0 Å². The summed E-state index contributed by atoms with van der Waals surface area (Å²) in [4.78, 5) is 59.0. The monoisotopic (exact) mass is 369 g/mol. The molecule has 1 unspecified atom stereocenters. The minimum atomic E-state index is -1.51. The van der Waals surface area contributed by atoms with Crippen molar-refractivity contribution < 1.29 is 24.2 Å². The maximum absolute atomic E-state index is 12.4. The quantitative estimate of drug-likeness (QED) is 0.395. The second-order valence-electron chi connectivity index (χ2n) is 4.90. The lowest BCUT2D eigenvalue weighted by atomic mass is 10.5. The van der Waals surface area contributed by atoms with Gasteiger partial charge in [0.15, 0.2) is 0 Å². The minimum Gasteiger partial charge on any atom is -0.461 e. The van der Waals surface area contributed by atoms with Gasteiger partial charge in [0.05, 0.1) is 13.1 Å². The molecular formula is C15H19N3O8. The van der Waals surface area contributed by atoms with Crippen molar-refractivity contribution >= 4 is 11.9 Å². The summed E-state index contributed by atoms with van der Waals surface area (Å²) in [5, 5.41) is 9.67. The lowest BCUT2D eigenvalue weighted by Crippen LogP contribution is -2.56. The third-order valence-corrected chi connectivity index (χ3v) is 3.16. The Labute approximate surface area is 147 Å². The Hall–Kier alpha value is -3.21. The number of aliphatic hydroxyl groups is 1. The van der Waals surface area contributed by atoms with Crippen LogP contribution in [0.2, 0.25) is 0 Å². The molecule has 11 nitrogen and oxygen atoms in total. The highest BCUT2D eigenvalue weighted by Crippen LogP contribution is 1.90. The number of esters is 2. The molecule has 1 N–H and O–H groups in total. The molecule has 1 rings (SSSR count). The molecule has 142 valence electrons. The maximum atomic E-state index is 12.4. The maximum Gasteiger partial charge on any atom is 0.338 e. The zero-order chi connectivity index (χ0) is 19.9. The highest BCUT2D eigenvalue weighted by atomic mass is 16.5. The Morgan fingerprint density at radius 1 is 0.962 bits per heavy atom. The zero-order valence-corrected chi connectivity index (χ0v) is 14.1. The molecule has 0 saturated heterocycles. The number of hydrogen-bond donors (Lipinski definition) is 1. The lowest BCUT2D eigenvalue weighted by Gasteiger charge is -2.15. The zero-order valence-electron chi connectivity index (χ0n) is 14.1. The van der Waals surface area contributed by atoms with Crippen LogP contribution in [-0.2, 0) is 32.2 Å². The van der Waals surface area contributed by atoms with Gasteiger partial charge in [0.25, 0.3) is 0 Å². The average Bonchev–Trinajstić information content (AvgIpc) is 2.59. The molecule has 26 heavy (non-hydrogen) atoms. The molecule has 0 radical (unpaired) electrons. The molecule has 0 fully saturated rings. The van der Waals surface area contributed by atoms with E-state index in [9.17, 15) is 29.1 Å². The van der Waals surface area contributed by atoms with Gasteiger partial charge in [0.2, 0.25) is 0 Å². The van der Waals surface area contributed by atoms with Gasteiger partial charge in [-0.25, -0.2) is 37.7 Å². The third kappa shape index (κ3) is 4.89. The van der Waals surface area contributed by atoms with Crippen LogP contribution in [0.25, 0.3) is 0 Å². The van der Waals surface area contributed by atoms with Gasteiger partial charge < -0.3 is 14.6 Å². The van der Waals surface area contributed by atoms with E-state index in [-0.39, 0.29) is 26.3 Å². The van der Waals surface area contributed by atoms with Gasteiger partial charge in [-0.15, -0.1) is 0 Å². The van der Waals surface area contributed by atoms with Crippen molar-refractivity contribution in [1.29, 1.82) is 0 Å². The summed E-state index contributed by atoms with van der Waals surface area (Å²) in [6.45, 7) is 6.21. The van der Waals surface area contributed by atoms with Crippen LogP contribution in [-0.4, -0.2) is 44.0 Å². The van der Waals surface area contributed by atoms with Gasteiger partial charge in [0.1, 0.15) is 19.4 Å². The van der Waals surface area contributed by atoms with Crippen molar-refractivity contribution in [2.24, 2.45) is 0 Å². The second kappa shape index (κ2) is 9.32. The molecular weight excluding hydrogens is 350 g/mol. The van der Waals surface area contributed by atoms with E-state index in [0.717, 1.165) is 19.1 Å². The van der Waals surface area contributed by atoms with Crippen molar-refractivity contribution in [2.75, 3.05) is 13.2 Å². The minimum absolute atomic E-state index is 0.330. The van der Waals surface area contributed by atoms with Crippen molar-refractivity contribution in [1.82, 2.24) is 13.7 Å². The molecule has 1 aromatic heterocycles. The molecule has 0 amide bonds. The molecule has 0 aliphatic rings. The van der Waals surface area contributed by atoms with Gasteiger partial charge in [-0.05, 0) is 6.92 Å². The number of ether oxygens (including phenoxy) is 2. The molecule has 0 saturated carbocycles. The van der Waals surface area contributed by atoms with Crippen LogP contribution in [0.5, 0.6) is 0 Å². The normalized spacial score (nSPS) is 11.5. The highest BCUT2D eigenvalue weighted by molar-refractivity contribution is 5.81. The van der Waals surface area contributed by atoms with Crippen molar-refractivity contribution in [3.05, 3.63) is 56.8 Å².